The van der Waals surface area contributed by atoms with Crippen molar-refractivity contribution in [3.63, 3.8) is 0 Å². The Bertz CT molecular complexity index is 1800. The lowest BCUT2D eigenvalue weighted by Crippen LogP contribution is -2.55. The number of carbonyl (C=O) groups is 4. The molecule has 0 N–H and O–H groups in total. The van der Waals surface area contributed by atoms with E-state index in [4.69, 9.17) is 5.10 Å². The number of amides is 4. The highest BCUT2D eigenvalue weighted by molar-refractivity contribution is 6.25. The molecule has 43 heavy (non-hydrogen) atoms. The Morgan fingerprint density at radius 1 is 0.651 bits per heavy atom. The number of anilines is 1. The van der Waals surface area contributed by atoms with E-state index >= 15 is 0 Å². The van der Waals surface area contributed by atoms with Crippen LogP contribution in [-0.4, -0.2) is 34.9 Å². The van der Waals surface area contributed by atoms with Gasteiger partial charge in [-0.1, -0.05) is 78.9 Å². The van der Waals surface area contributed by atoms with Crippen molar-refractivity contribution < 1.29 is 19.2 Å². The quantitative estimate of drug-likeness (QED) is 0.270. The van der Waals surface area contributed by atoms with E-state index < -0.39 is 17.3 Å². The van der Waals surface area contributed by atoms with Crippen molar-refractivity contribution in [1.82, 2.24) is 5.01 Å². The Hall–Kier alpha value is -4.65. The molecule has 7 aliphatic carbocycles. The van der Waals surface area contributed by atoms with Crippen molar-refractivity contribution in [2.75, 3.05) is 4.90 Å². The molecule has 4 amide bonds. The normalized spacial score (nSPS) is 38.8. The van der Waals surface area contributed by atoms with Gasteiger partial charge in [-0.05, 0) is 64.5 Å². The first kappa shape index (κ1) is 23.9. The van der Waals surface area contributed by atoms with E-state index in [1.807, 2.05) is 66.7 Å². The van der Waals surface area contributed by atoms with Crippen LogP contribution < -0.4 is 4.90 Å². The second kappa shape index (κ2) is 7.84. The summed E-state index contributed by atoms with van der Waals surface area (Å²) in [5, 5.41) is 5.85. The Kier molecular flexibility index (Phi) is 4.35. The molecule has 2 saturated heterocycles. The molecule has 9 aliphatic rings. The number of rotatable bonds is 3. The molecule has 0 radical (unpaired) electrons. The number of hydrazone groups is 1. The summed E-state index contributed by atoms with van der Waals surface area (Å²) in [6, 6.07) is 25.0. The number of para-hydroxylation sites is 1. The lowest BCUT2D eigenvalue weighted by molar-refractivity contribution is -0.140. The first-order chi connectivity index (χ1) is 21.0. The fraction of sp³-hybridized carbons (Fsp3) is 0.306. The predicted molar refractivity (Wildman–Crippen MR) is 156 cm³/mol. The predicted octanol–water partition coefficient (Wildman–Crippen LogP) is 4.28. The Morgan fingerprint density at radius 3 is 1.81 bits per heavy atom. The highest BCUT2D eigenvalue weighted by Crippen LogP contribution is 2.66. The third-order valence-electron chi connectivity index (χ3n) is 11.7. The lowest BCUT2D eigenvalue weighted by Gasteiger charge is -2.52. The Balaban J connectivity index is 1.16. The van der Waals surface area contributed by atoms with Crippen LogP contribution in [0.2, 0.25) is 0 Å². The van der Waals surface area contributed by atoms with E-state index in [2.05, 4.69) is 12.2 Å². The van der Waals surface area contributed by atoms with Gasteiger partial charge < -0.3 is 0 Å². The molecule has 0 aromatic heterocycles. The molecule has 210 valence electrons. The first-order valence-electron chi connectivity index (χ1n) is 15.3. The van der Waals surface area contributed by atoms with Gasteiger partial charge in [-0.3, -0.25) is 19.2 Å². The van der Waals surface area contributed by atoms with Crippen LogP contribution >= 0.6 is 0 Å². The topological polar surface area (TPSA) is 87.1 Å². The van der Waals surface area contributed by atoms with E-state index in [1.54, 1.807) is 18.3 Å². The van der Waals surface area contributed by atoms with Crippen LogP contribution in [0.3, 0.4) is 0 Å². The van der Waals surface area contributed by atoms with Crippen molar-refractivity contribution in [3.8, 4) is 0 Å². The maximum atomic E-state index is 14.5. The standard InChI is InChI=1S/C36H27N3O4/c40-32-30-27-21-10-4-6-12-25(21)36(26-13-7-5-11-22(26)27,31(30)35(43)38(32)18-8-2-1-3-9-18)17-37-39-33(41)28-19-14-15-20(24-16-23(19)24)29(28)34(39)42/h1-15,17,19-20,23-24,27-31H,16H2/b37-17-/t19-,20-,23-,24+,27?,28-,29+,30-,31+,36?/m0/s1. The summed E-state index contributed by atoms with van der Waals surface area (Å²) < 4.78 is 0. The van der Waals surface area contributed by atoms with Gasteiger partial charge >= 0.3 is 0 Å². The molecule has 4 bridgehead atoms. The number of allylic oxidation sites excluding steroid dienone is 2. The lowest BCUT2D eigenvalue weighted by atomic mass is 9.47. The third-order valence-corrected chi connectivity index (χ3v) is 11.7. The van der Waals surface area contributed by atoms with Gasteiger partial charge in [0.25, 0.3) is 11.8 Å². The van der Waals surface area contributed by atoms with E-state index in [-0.39, 0.29) is 53.2 Å². The molecular weight excluding hydrogens is 538 g/mol. The van der Waals surface area contributed by atoms with Gasteiger partial charge in [0, 0.05) is 12.1 Å². The van der Waals surface area contributed by atoms with Crippen LogP contribution in [0.4, 0.5) is 5.69 Å². The van der Waals surface area contributed by atoms with Crippen LogP contribution in [0.25, 0.3) is 0 Å². The molecule has 7 nitrogen and oxygen atoms in total. The average molecular weight is 566 g/mol. The van der Waals surface area contributed by atoms with E-state index in [9.17, 15) is 19.2 Å². The molecule has 8 atom stereocenters. The van der Waals surface area contributed by atoms with Crippen molar-refractivity contribution in [2.45, 2.75) is 17.8 Å². The van der Waals surface area contributed by atoms with Gasteiger partial charge in [-0.25, -0.2) is 4.90 Å². The second-order valence-corrected chi connectivity index (χ2v) is 13.3. The molecule has 4 fully saturated rings. The minimum absolute atomic E-state index is 0.0965. The number of carbonyl (C=O) groups excluding carboxylic acids is 4. The SMILES string of the molecule is O=C1[C@@H]2[C@H]3C=C[C@@H]([C@@H]4C[C@H]34)[C@@H]2C(=O)N1/N=C\C12c3ccccc3C(c3ccccc31)[C@@H]1C(=O)N(c3ccccc3)C(=O)[C@@H]12. The molecular formula is C36H27N3O4. The fourth-order valence-corrected chi connectivity index (χ4v) is 10.1. The molecule has 0 unspecified atom stereocenters. The minimum Gasteiger partial charge on any atom is -0.274 e. The number of hydrogen-bond acceptors (Lipinski definition) is 5. The molecule has 3 aromatic rings. The largest absolute Gasteiger partial charge is 0.274 e. The van der Waals surface area contributed by atoms with Crippen LogP contribution in [0, 0.1) is 47.3 Å². The maximum Gasteiger partial charge on any atom is 0.254 e. The number of imide groups is 2. The maximum absolute atomic E-state index is 14.5. The van der Waals surface area contributed by atoms with E-state index in [0.717, 1.165) is 33.7 Å². The van der Waals surface area contributed by atoms with Crippen LogP contribution in [0.15, 0.2) is 96.1 Å². The van der Waals surface area contributed by atoms with E-state index in [1.165, 1.54) is 4.90 Å². The highest BCUT2D eigenvalue weighted by Gasteiger charge is 2.69. The van der Waals surface area contributed by atoms with Gasteiger partial charge in [-0.2, -0.15) is 10.1 Å². The summed E-state index contributed by atoms with van der Waals surface area (Å²) in [6.45, 7) is 0. The number of nitrogens with zero attached hydrogens (tertiary/aromatic N) is 3. The summed E-state index contributed by atoms with van der Waals surface area (Å²) >= 11 is 0. The van der Waals surface area contributed by atoms with Gasteiger partial charge in [0.2, 0.25) is 11.8 Å². The molecule has 2 saturated carbocycles. The average Bonchev–Trinajstić information content (AvgIpc) is 3.78. The van der Waals surface area contributed by atoms with Gasteiger partial charge in [-0.15, -0.1) is 0 Å². The minimum atomic E-state index is -1.13. The second-order valence-electron chi connectivity index (χ2n) is 13.3. The Morgan fingerprint density at radius 2 is 1.21 bits per heavy atom. The number of hydrogen-bond donors (Lipinski definition) is 0. The molecule has 0 spiro atoms. The summed E-state index contributed by atoms with van der Waals surface area (Å²) in [6.07, 6.45) is 7.06. The molecule has 7 heteroatoms. The van der Waals surface area contributed by atoms with Crippen LogP contribution in [-0.2, 0) is 24.6 Å². The fourth-order valence-electron chi connectivity index (χ4n) is 10.1. The zero-order valence-electron chi connectivity index (χ0n) is 23.1. The summed E-state index contributed by atoms with van der Waals surface area (Å²) in [5.41, 5.74) is 3.19. The van der Waals surface area contributed by atoms with Gasteiger partial charge in [0.05, 0.1) is 34.8 Å². The smallest absolute Gasteiger partial charge is 0.254 e. The van der Waals surface area contributed by atoms with Crippen molar-refractivity contribution in [2.24, 2.45) is 52.4 Å². The van der Waals surface area contributed by atoms with E-state index in [0.29, 0.717) is 17.5 Å². The van der Waals surface area contributed by atoms with Gasteiger partial charge in [0.1, 0.15) is 0 Å². The van der Waals surface area contributed by atoms with Crippen LogP contribution in [0.1, 0.15) is 34.6 Å². The molecule has 3 aromatic carbocycles. The number of benzene rings is 3. The highest BCUT2D eigenvalue weighted by atomic mass is 16.2. The Labute approximate surface area is 247 Å². The third kappa shape index (κ3) is 2.66. The summed E-state index contributed by atoms with van der Waals surface area (Å²) in [5.74, 6) is -2.22. The zero-order valence-corrected chi connectivity index (χ0v) is 23.1. The molecule has 12 rings (SSSR count). The van der Waals surface area contributed by atoms with Crippen LogP contribution in [0.5, 0.6) is 0 Å². The zero-order chi connectivity index (χ0) is 28.8. The van der Waals surface area contributed by atoms with Crippen molar-refractivity contribution in [1.29, 1.82) is 0 Å². The monoisotopic (exact) mass is 565 g/mol. The molecule has 2 heterocycles. The first-order valence-corrected chi connectivity index (χ1v) is 15.3. The van der Waals surface area contributed by atoms with Crippen molar-refractivity contribution in [3.05, 3.63) is 113 Å². The summed E-state index contributed by atoms with van der Waals surface area (Å²) in [4.78, 5) is 57.9. The molecule has 2 aliphatic heterocycles. The van der Waals surface area contributed by atoms with Crippen molar-refractivity contribution >= 4 is 35.5 Å². The summed E-state index contributed by atoms with van der Waals surface area (Å²) in [7, 11) is 0. The van der Waals surface area contributed by atoms with Gasteiger partial charge in [0.15, 0.2) is 0 Å².